The molecule has 0 aromatic rings. The van der Waals surface area contributed by atoms with Gasteiger partial charge in [0.15, 0.2) is 0 Å². The molecule has 0 bridgehead atoms. The van der Waals surface area contributed by atoms with E-state index in [-0.39, 0.29) is 6.54 Å². The fourth-order valence-corrected chi connectivity index (χ4v) is 1.52. The first-order valence-corrected chi connectivity index (χ1v) is 4.57. The van der Waals surface area contributed by atoms with Gasteiger partial charge < -0.3 is 5.73 Å². The number of rotatable bonds is 0. The molecule has 0 spiro atoms. The maximum absolute atomic E-state index is 11.0. The number of sulfonamides is 1. The van der Waals surface area contributed by atoms with Gasteiger partial charge in [0.25, 0.3) is 10.0 Å². The summed E-state index contributed by atoms with van der Waals surface area (Å²) < 4.78 is 23.5. The summed E-state index contributed by atoms with van der Waals surface area (Å²) in [5, 5.41) is 1.37. The number of amides is 3. The molecule has 8 nitrogen and oxygen atoms in total. The van der Waals surface area contributed by atoms with Crippen molar-refractivity contribution in [2.24, 2.45) is 10.7 Å². The van der Waals surface area contributed by atoms with Crippen LogP contribution in [0.25, 0.3) is 0 Å². The van der Waals surface area contributed by atoms with Crippen LogP contribution in [0.1, 0.15) is 0 Å². The van der Waals surface area contributed by atoms with Crippen molar-refractivity contribution in [1.29, 1.82) is 0 Å². The highest BCUT2D eigenvalue weighted by Gasteiger charge is 2.27. The SMILES string of the molecule is NC(=O)NS(=O)(=O)C1=NCC(=O)N1. The van der Waals surface area contributed by atoms with E-state index in [1.165, 1.54) is 4.72 Å². The van der Waals surface area contributed by atoms with E-state index in [0.717, 1.165) is 0 Å². The molecular weight excluding hydrogens is 200 g/mol. The Bertz CT molecular complexity index is 383. The van der Waals surface area contributed by atoms with Crippen LogP contribution in [0.3, 0.4) is 0 Å². The zero-order valence-electron chi connectivity index (χ0n) is 6.27. The lowest BCUT2D eigenvalue weighted by Crippen LogP contribution is -2.43. The van der Waals surface area contributed by atoms with Crippen LogP contribution in [-0.4, -0.2) is 32.1 Å². The number of hydrogen-bond acceptors (Lipinski definition) is 5. The molecule has 1 rings (SSSR count). The second-order valence-electron chi connectivity index (χ2n) is 2.14. The van der Waals surface area contributed by atoms with E-state index in [1.54, 1.807) is 0 Å². The number of hydrogen-bond donors (Lipinski definition) is 3. The maximum Gasteiger partial charge on any atom is 0.326 e. The standard InChI is InChI=1S/C4H6N4O4S/c5-3(10)8-13(11,12)4-6-1-2(9)7-4/h1H2,(H3,5,8,10)(H,6,7,9). The number of amidine groups is 1. The molecule has 0 saturated heterocycles. The highest BCUT2D eigenvalue weighted by atomic mass is 32.2. The number of carbonyl (C=O) groups excluding carboxylic acids is 2. The molecule has 1 aliphatic heterocycles. The summed E-state index contributed by atoms with van der Waals surface area (Å²) in [6, 6.07) is -1.23. The molecule has 72 valence electrons. The highest BCUT2D eigenvalue weighted by Crippen LogP contribution is 1.94. The van der Waals surface area contributed by atoms with Gasteiger partial charge >= 0.3 is 6.03 Å². The van der Waals surface area contributed by atoms with Gasteiger partial charge in [-0.2, -0.15) is 8.42 Å². The van der Waals surface area contributed by atoms with Crippen LogP contribution in [0.4, 0.5) is 4.79 Å². The third-order valence-corrected chi connectivity index (χ3v) is 2.31. The van der Waals surface area contributed by atoms with Gasteiger partial charge in [-0.3, -0.25) is 10.1 Å². The van der Waals surface area contributed by atoms with Gasteiger partial charge in [-0.15, -0.1) is 0 Å². The van der Waals surface area contributed by atoms with E-state index in [9.17, 15) is 18.0 Å². The third-order valence-electron chi connectivity index (χ3n) is 1.10. The second kappa shape index (κ2) is 3.01. The summed E-state index contributed by atoms with van der Waals surface area (Å²) >= 11 is 0. The largest absolute Gasteiger partial charge is 0.351 e. The predicted molar refractivity (Wildman–Crippen MR) is 42.1 cm³/mol. The number of nitrogens with zero attached hydrogens (tertiary/aromatic N) is 1. The van der Waals surface area contributed by atoms with Gasteiger partial charge in [-0.1, -0.05) is 0 Å². The van der Waals surface area contributed by atoms with Gasteiger partial charge in [-0.25, -0.2) is 14.5 Å². The Morgan fingerprint density at radius 3 is 2.62 bits per heavy atom. The monoisotopic (exact) mass is 206 g/mol. The van der Waals surface area contributed by atoms with E-state index in [0.29, 0.717) is 0 Å². The fourth-order valence-electron chi connectivity index (χ4n) is 0.675. The molecular formula is C4H6N4O4S. The summed E-state index contributed by atoms with van der Waals surface area (Å²) in [6.07, 6.45) is 0. The van der Waals surface area contributed by atoms with Crippen molar-refractivity contribution in [3.63, 3.8) is 0 Å². The lowest BCUT2D eigenvalue weighted by molar-refractivity contribution is -0.117. The minimum Gasteiger partial charge on any atom is -0.351 e. The van der Waals surface area contributed by atoms with Crippen LogP contribution in [-0.2, 0) is 14.8 Å². The van der Waals surface area contributed by atoms with E-state index in [4.69, 9.17) is 0 Å². The van der Waals surface area contributed by atoms with Crippen LogP contribution in [0.5, 0.6) is 0 Å². The van der Waals surface area contributed by atoms with Crippen molar-refractivity contribution in [2.75, 3.05) is 6.54 Å². The molecule has 0 aromatic heterocycles. The normalized spacial score (nSPS) is 16.3. The Labute approximate surface area is 73.2 Å². The average Bonchev–Trinajstić information content (AvgIpc) is 2.32. The first kappa shape index (κ1) is 9.45. The summed E-state index contributed by atoms with van der Waals surface area (Å²) in [6.45, 7) is -0.269. The van der Waals surface area contributed by atoms with Crippen LogP contribution >= 0.6 is 0 Å². The van der Waals surface area contributed by atoms with Gasteiger partial charge in [0.05, 0.1) is 0 Å². The highest BCUT2D eigenvalue weighted by molar-refractivity contribution is 8.05. The molecule has 0 fully saturated rings. The molecule has 1 aliphatic rings. The van der Waals surface area contributed by atoms with E-state index in [2.05, 4.69) is 10.7 Å². The topological polar surface area (TPSA) is 131 Å². The van der Waals surface area contributed by atoms with Crippen molar-refractivity contribution in [3.05, 3.63) is 0 Å². The Morgan fingerprint density at radius 1 is 1.62 bits per heavy atom. The lowest BCUT2D eigenvalue weighted by atomic mass is 10.7. The molecule has 0 radical (unpaired) electrons. The second-order valence-corrected chi connectivity index (χ2v) is 3.74. The maximum atomic E-state index is 11.0. The van der Waals surface area contributed by atoms with Crippen LogP contribution in [0, 0.1) is 0 Å². The molecule has 9 heteroatoms. The molecule has 4 N–H and O–H groups in total. The molecule has 0 unspecified atom stereocenters. The fraction of sp³-hybridized carbons (Fsp3) is 0.250. The van der Waals surface area contributed by atoms with E-state index < -0.39 is 27.1 Å². The smallest absolute Gasteiger partial charge is 0.326 e. The Morgan fingerprint density at radius 2 is 2.23 bits per heavy atom. The van der Waals surface area contributed by atoms with Gasteiger partial charge in [-0.05, 0) is 0 Å². The van der Waals surface area contributed by atoms with Crippen molar-refractivity contribution >= 4 is 27.1 Å². The van der Waals surface area contributed by atoms with Gasteiger partial charge in [0.2, 0.25) is 11.1 Å². The summed E-state index contributed by atoms with van der Waals surface area (Å²) in [7, 11) is -4.10. The van der Waals surface area contributed by atoms with Crippen molar-refractivity contribution in [1.82, 2.24) is 10.0 Å². The van der Waals surface area contributed by atoms with E-state index >= 15 is 0 Å². The third kappa shape index (κ3) is 2.15. The van der Waals surface area contributed by atoms with Crippen LogP contribution in [0.2, 0.25) is 0 Å². The average molecular weight is 206 g/mol. The lowest BCUT2D eigenvalue weighted by Gasteiger charge is -2.02. The van der Waals surface area contributed by atoms with Crippen molar-refractivity contribution in [3.8, 4) is 0 Å². The number of aliphatic imine (C=N–C) groups is 1. The number of nitrogens with two attached hydrogens (primary N) is 1. The first-order chi connectivity index (χ1) is 5.92. The first-order valence-electron chi connectivity index (χ1n) is 3.08. The minimum atomic E-state index is -4.10. The summed E-state index contributed by atoms with van der Waals surface area (Å²) in [5.74, 6) is -0.551. The Hall–Kier alpha value is -1.64. The van der Waals surface area contributed by atoms with Crippen LogP contribution < -0.4 is 15.8 Å². The molecule has 0 aliphatic carbocycles. The molecule has 3 amide bonds. The van der Waals surface area contributed by atoms with Gasteiger partial charge in [0.1, 0.15) is 6.54 Å². The summed E-state index contributed by atoms with van der Waals surface area (Å²) in [4.78, 5) is 24.1. The molecule has 0 saturated carbocycles. The zero-order valence-corrected chi connectivity index (χ0v) is 7.09. The number of carbonyl (C=O) groups is 2. The Balaban J connectivity index is 2.83. The molecule has 13 heavy (non-hydrogen) atoms. The minimum absolute atomic E-state index is 0.269. The molecule has 0 aromatic carbocycles. The Kier molecular flexibility index (Phi) is 2.19. The van der Waals surface area contributed by atoms with Gasteiger partial charge in [0, 0.05) is 0 Å². The molecule has 1 heterocycles. The predicted octanol–water partition coefficient (Wildman–Crippen LogP) is -2.53. The van der Waals surface area contributed by atoms with E-state index in [1.807, 2.05) is 5.32 Å². The number of urea groups is 1. The quantitative estimate of drug-likeness (QED) is 0.403. The number of primary amides is 1. The summed E-state index contributed by atoms with van der Waals surface area (Å²) in [5.41, 5.74) is 4.58. The van der Waals surface area contributed by atoms with Crippen molar-refractivity contribution < 1.29 is 18.0 Å². The molecule has 0 atom stereocenters. The van der Waals surface area contributed by atoms with Crippen LogP contribution in [0.15, 0.2) is 4.99 Å². The van der Waals surface area contributed by atoms with Crippen molar-refractivity contribution in [2.45, 2.75) is 0 Å². The number of nitrogens with one attached hydrogen (secondary N) is 2. The zero-order chi connectivity index (χ0) is 10.1.